The Labute approximate surface area is 176 Å². The molecule has 1 heterocycles. The summed E-state index contributed by atoms with van der Waals surface area (Å²) in [5.74, 6) is 0.802. The molecule has 0 radical (unpaired) electrons. The van der Waals surface area contributed by atoms with Gasteiger partial charge in [0.25, 0.3) is 0 Å². The molecule has 1 fully saturated rings. The van der Waals surface area contributed by atoms with Crippen LogP contribution in [0.4, 0.5) is 0 Å². The number of nitrogens with zero attached hydrogens (tertiary/aromatic N) is 2. The van der Waals surface area contributed by atoms with Crippen molar-refractivity contribution in [2.75, 3.05) is 27.3 Å². The van der Waals surface area contributed by atoms with Crippen LogP contribution in [0.2, 0.25) is 0 Å². The van der Waals surface area contributed by atoms with Crippen LogP contribution in [0.1, 0.15) is 44.2 Å². The second-order valence-corrected chi connectivity index (χ2v) is 7.06. The second-order valence-electron chi connectivity index (χ2n) is 7.06. The van der Waals surface area contributed by atoms with Crippen molar-refractivity contribution < 1.29 is 4.74 Å². The van der Waals surface area contributed by atoms with Crippen LogP contribution in [0.3, 0.4) is 0 Å². The van der Waals surface area contributed by atoms with E-state index in [0.29, 0.717) is 12.6 Å². The summed E-state index contributed by atoms with van der Waals surface area (Å²) in [6.07, 6.45) is 4.04. The van der Waals surface area contributed by atoms with Gasteiger partial charge < -0.3 is 15.4 Å². The summed E-state index contributed by atoms with van der Waals surface area (Å²) in [7, 11) is 3.50. The van der Waals surface area contributed by atoms with E-state index in [-0.39, 0.29) is 30.0 Å². The largest absolute Gasteiger partial charge is 0.383 e. The molecule has 2 atom stereocenters. The standard InChI is InChI=1S/C20H34N4O.HI/c1-16(15-25-4)23-20(21-3)22-13-18-8-10-19(11-9-18)14-24-12-6-5-7-17(24)2;/h8-11,16-17H,5-7,12-15H2,1-4H3,(H2,21,22,23);1H. The Bertz CT molecular complexity index is 535. The summed E-state index contributed by atoms with van der Waals surface area (Å²) in [6.45, 7) is 8.14. The van der Waals surface area contributed by atoms with Gasteiger partial charge in [0.2, 0.25) is 0 Å². The second kappa shape index (κ2) is 12.5. The lowest BCUT2D eigenvalue weighted by Crippen LogP contribution is -2.43. The number of nitrogens with one attached hydrogen (secondary N) is 2. The van der Waals surface area contributed by atoms with E-state index in [4.69, 9.17) is 4.74 Å². The van der Waals surface area contributed by atoms with E-state index in [0.717, 1.165) is 19.0 Å². The number of methoxy groups -OCH3 is 1. The van der Waals surface area contributed by atoms with E-state index in [9.17, 15) is 0 Å². The molecule has 0 aromatic heterocycles. The van der Waals surface area contributed by atoms with Crippen LogP contribution in [-0.4, -0.2) is 50.3 Å². The number of aliphatic imine (C=N–C) groups is 1. The number of hydrogen-bond donors (Lipinski definition) is 2. The van der Waals surface area contributed by atoms with Gasteiger partial charge >= 0.3 is 0 Å². The fourth-order valence-corrected chi connectivity index (χ4v) is 3.30. The maximum Gasteiger partial charge on any atom is 0.191 e. The van der Waals surface area contributed by atoms with Crippen LogP contribution in [0.15, 0.2) is 29.3 Å². The molecule has 0 spiro atoms. The molecule has 0 aliphatic carbocycles. The number of ether oxygens (including phenoxy) is 1. The highest BCUT2D eigenvalue weighted by molar-refractivity contribution is 14.0. The van der Waals surface area contributed by atoms with Gasteiger partial charge in [0.1, 0.15) is 0 Å². The molecule has 1 aromatic carbocycles. The summed E-state index contributed by atoms with van der Waals surface area (Å²) in [6, 6.07) is 9.86. The van der Waals surface area contributed by atoms with Gasteiger partial charge in [-0.25, -0.2) is 0 Å². The predicted molar refractivity (Wildman–Crippen MR) is 120 cm³/mol. The summed E-state index contributed by atoms with van der Waals surface area (Å²) in [5, 5.41) is 6.67. The smallest absolute Gasteiger partial charge is 0.191 e. The lowest BCUT2D eigenvalue weighted by Gasteiger charge is -2.33. The molecular formula is C20H35IN4O. The van der Waals surface area contributed by atoms with Crippen LogP contribution in [0.5, 0.6) is 0 Å². The van der Waals surface area contributed by atoms with Crippen molar-refractivity contribution in [3.05, 3.63) is 35.4 Å². The molecule has 6 heteroatoms. The minimum absolute atomic E-state index is 0. The third kappa shape index (κ3) is 7.80. The molecule has 2 unspecified atom stereocenters. The van der Waals surface area contributed by atoms with Gasteiger partial charge in [-0.3, -0.25) is 9.89 Å². The molecule has 148 valence electrons. The topological polar surface area (TPSA) is 48.9 Å². The van der Waals surface area contributed by atoms with Crippen LogP contribution >= 0.6 is 24.0 Å². The molecule has 2 N–H and O–H groups in total. The molecule has 1 aliphatic rings. The van der Waals surface area contributed by atoms with E-state index in [2.05, 4.69) is 58.6 Å². The van der Waals surface area contributed by atoms with Crippen molar-refractivity contribution in [2.45, 2.75) is 58.3 Å². The Hall–Kier alpha value is -0.860. The zero-order valence-electron chi connectivity index (χ0n) is 16.6. The van der Waals surface area contributed by atoms with E-state index in [1.807, 2.05) is 0 Å². The van der Waals surface area contributed by atoms with Crippen molar-refractivity contribution in [3.8, 4) is 0 Å². The van der Waals surface area contributed by atoms with Crippen molar-refractivity contribution >= 4 is 29.9 Å². The summed E-state index contributed by atoms with van der Waals surface area (Å²) < 4.78 is 5.15. The molecule has 1 aromatic rings. The van der Waals surface area contributed by atoms with Gasteiger partial charge in [0.05, 0.1) is 6.61 Å². The van der Waals surface area contributed by atoms with Gasteiger partial charge in [0.15, 0.2) is 5.96 Å². The first-order chi connectivity index (χ1) is 12.1. The van der Waals surface area contributed by atoms with Gasteiger partial charge in [-0.15, -0.1) is 24.0 Å². The SMILES string of the molecule is CN=C(NCc1ccc(CN2CCCCC2C)cc1)NC(C)COC.I. The Morgan fingerprint density at radius 2 is 1.96 bits per heavy atom. The van der Waals surface area contributed by atoms with Gasteiger partial charge in [-0.1, -0.05) is 30.7 Å². The quantitative estimate of drug-likeness (QED) is 0.362. The van der Waals surface area contributed by atoms with E-state index >= 15 is 0 Å². The number of benzene rings is 1. The Morgan fingerprint density at radius 1 is 1.27 bits per heavy atom. The number of rotatable bonds is 7. The number of likely N-dealkylation sites (tertiary alicyclic amines) is 1. The third-order valence-corrected chi connectivity index (χ3v) is 4.83. The van der Waals surface area contributed by atoms with Crippen molar-refractivity contribution in [1.29, 1.82) is 0 Å². The third-order valence-electron chi connectivity index (χ3n) is 4.83. The first-order valence-electron chi connectivity index (χ1n) is 9.40. The monoisotopic (exact) mass is 474 g/mol. The van der Waals surface area contributed by atoms with Gasteiger partial charge in [-0.05, 0) is 44.4 Å². The first kappa shape index (κ1) is 23.2. The van der Waals surface area contributed by atoms with Crippen molar-refractivity contribution in [3.63, 3.8) is 0 Å². The van der Waals surface area contributed by atoms with E-state index < -0.39 is 0 Å². The van der Waals surface area contributed by atoms with Crippen LogP contribution in [0, 0.1) is 0 Å². The predicted octanol–water partition coefficient (Wildman–Crippen LogP) is 3.38. The highest BCUT2D eigenvalue weighted by atomic mass is 127. The highest BCUT2D eigenvalue weighted by Gasteiger charge is 2.17. The van der Waals surface area contributed by atoms with E-state index in [1.165, 1.54) is 36.9 Å². The first-order valence-corrected chi connectivity index (χ1v) is 9.40. The number of halogens is 1. The van der Waals surface area contributed by atoms with Gasteiger partial charge in [-0.2, -0.15) is 0 Å². The maximum atomic E-state index is 5.15. The van der Waals surface area contributed by atoms with E-state index in [1.54, 1.807) is 14.2 Å². The van der Waals surface area contributed by atoms with Crippen molar-refractivity contribution in [2.24, 2.45) is 4.99 Å². The number of piperidine rings is 1. The molecule has 26 heavy (non-hydrogen) atoms. The lowest BCUT2D eigenvalue weighted by atomic mass is 10.0. The summed E-state index contributed by atoms with van der Waals surface area (Å²) >= 11 is 0. The Kier molecular flexibility index (Phi) is 11.2. The lowest BCUT2D eigenvalue weighted by molar-refractivity contribution is 0.152. The average Bonchev–Trinajstić information content (AvgIpc) is 2.62. The van der Waals surface area contributed by atoms with Crippen molar-refractivity contribution in [1.82, 2.24) is 15.5 Å². The molecule has 2 rings (SSSR count). The minimum atomic E-state index is 0. The molecule has 0 bridgehead atoms. The molecule has 1 saturated heterocycles. The highest BCUT2D eigenvalue weighted by Crippen LogP contribution is 2.19. The molecule has 1 aliphatic heterocycles. The average molecular weight is 474 g/mol. The zero-order valence-corrected chi connectivity index (χ0v) is 19.0. The minimum Gasteiger partial charge on any atom is -0.383 e. The fraction of sp³-hybridized carbons (Fsp3) is 0.650. The molecular weight excluding hydrogens is 439 g/mol. The van der Waals surface area contributed by atoms with Crippen LogP contribution < -0.4 is 10.6 Å². The molecule has 0 amide bonds. The molecule has 5 nitrogen and oxygen atoms in total. The Balaban J connectivity index is 0.00000338. The van der Waals surface area contributed by atoms with Crippen LogP contribution in [0.25, 0.3) is 0 Å². The Morgan fingerprint density at radius 3 is 2.58 bits per heavy atom. The zero-order chi connectivity index (χ0) is 18.1. The fourth-order valence-electron chi connectivity index (χ4n) is 3.30. The van der Waals surface area contributed by atoms with Gasteiger partial charge in [0, 0.05) is 39.3 Å². The summed E-state index contributed by atoms with van der Waals surface area (Å²) in [4.78, 5) is 6.86. The van der Waals surface area contributed by atoms with Crippen LogP contribution in [-0.2, 0) is 17.8 Å². The normalized spacial score (nSPS) is 19.5. The number of guanidine groups is 1. The molecule has 0 saturated carbocycles. The summed E-state index contributed by atoms with van der Waals surface area (Å²) in [5.41, 5.74) is 2.66. The number of hydrogen-bond acceptors (Lipinski definition) is 3. The maximum absolute atomic E-state index is 5.15.